The predicted octanol–water partition coefficient (Wildman–Crippen LogP) is 26.4. The van der Waals surface area contributed by atoms with Crippen LogP contribution in [0.2, 0.25) is 0 Å². The lowest BCUT2D eigenvalue weighted by Gasteiger charge is -2.22. The van der Waals surface area contributed by atoms with E-state index in [2.05, 4.69) is 282 Å². The smallest absolute Gasteiger partial charge is 0.164 e. The molecule has 534 valence electrons. The van der Waals surface area contributed by atoms with Gasteiger partial charge in [0.2, 0.25) is 0 Å². The van der Waals surface area contributed by atoms with Gasteiger partial charge in [0.05, 0.1) is 23.3 Å². The monoisotopic (exact) mass is 1450 g/mol. The maximum atomic E-state index is 10.1. The van der Waals surface area contributed by atoms with Crippen LogP contribution in [0.3, 0.4) is 0 Å². The lowest BCUT2D eigenvalue weighted by atomic mass is 9.81. The molecule has 0 radical (unpaired) electrons. The minimum absolute atomic E-state index is 0.239. The Kier molecular flexibility index (Phi) is 16.5. The molecule has 0 fully saturated rings. The predicted molar refractivity (Wildman–Crippen MR) is 463 cm³/mol. The molecular weight excluding hydrogens is 1390 g/mol. The maximum absolute atomic E-state index is 10.1. The van der Waals surface area contributed by atoms with E-state index in [1.165, 1.54) is 44.2 Å². The van der Waals surface area contributed by atoms with Gasteiger partial charge in [-0.1, -0.05) is 343 Å². The molecule has 2 aromatic heterocycles. The highest BCUT2D eigenvalue weighted by molar-refractivity contribution is 6.07. The van der Waals surface area contributed by atoms with Crippen molar-refractivity contribution in [1.29, 1.82) is 10.5 Å². The Hall–Kier alpha value is -15.0. The number of nitrogens with zero attached hydrogens (tertiary/aromatic N) is 8. The third kappa shape index (κ3) is 11.9. The molecule has 16 aromatic carbocycles. The van der Waals surface area contributed by atoms with Crippen molar-refractivity contribution >= 4 is 21.5 Å². The summed E-state index contributed by atoms with van der Waals surface area (Å²) in [6.07, 6.45) is 0. The Morgan fingerprint density at radius 3 is 1.00 bits per heavy atom. The molecule has 0 bridgehead atoms. The summed E-state index contributed by atoms with van der Waals surface area (Å²) in [7, 11) is 0. The van der Waals surface area contributed by atoms with Crippen LogP contribution in [0, 0.1) is 22.7 Å². The molecule has 0 saturated heterocycles. The summed E-state index contributed by atoms with van der Waals surface area (Å²) in [6.45, 7) is 9.05. The molecule has 8 heteroatoms. The summed E-state index contributed by atoms with van der Waals surface area (Å²) in [6, 6.07) is 129. The van der Waals surface area contributed by atoms with Crippen molar-refractivity contribution in [2.45, 2.75) is 38.5 Å². The van der Waals surface area contributed by atoms with Crippen molar-refractivity contribution in [2.24, 2.45) is 0 Å². The molecule has 2 aliphatic carbocycles. The first-order chi connectivity index (χ1) is 55.9. The van der Waals surface area contributed by atoms with Crippen LogP contribution in [0.5, 0.6) is 0 Å². The van der Waals surface area contributed by atoms with Gasteiger partial charge in [-0.3, -0.25) is 0 Å². The van der Waals surface area contributed by atoms with Gasteiger partial charge in [-0.15, -0.1) is 0 Å². The number of nitriles is 2. The fourth-order valence-electron chi connectivity index (χ4n) is 17.3. The van der Waals surface area contributed by atoms with Gasteiger partial charge < -0.3 is 0 Å². The molecular formula is C106H70N8. The molecule has 0 amide bonds. The number of fused-ring (bicyclic) bond motifs is 8. The van der Waals surface area contributed by atoms with E-state index in [-0.39, 0.29) is 10.8 Å². The number of hydrogen-bond acceptors (Lipinski definition) is 8. The first-order valence-corrected chi connectivity index (χ1v) is 38.6. The summed E-state index contributed by atoms with van der Waals surface area (Å²) >= 11 is 0. The molecule has 18 aromatic rings. The average Bonchev–Trinajstić information content (AvgIpc) is 1.56. The zero-order valence-electron chi connectivity index (χ0n) is 63.1. The molecule has 114 heavy (non-hydrogen) atoms. The molecule has 0 aliphatic heterocycles. The lowest BCUT2D eigenvalue weighted by Crippen LogP contribution is -2.15. The SMILES string of the molecule is CC1(C)c2cc(C#N)ccc2-c2ccc(-c3ccc(-c4c(-c5ccc(-c6nc(-c7ccccc7)nc(-c7ccccc7)n6)cc5)ccc5ccc(-c6ccc(-c7nc(-c8ccccc8)nc(-c8ccc(-c9ccc%10ccccc%10c9-c9ccc(-c%10ccc%11c(c%10)C(C)(C)c%10cccc(C#N)c%10-%11)cc9)cc8)n7)cc6)cc45)cc3)cc21. The van der Waals surface area contributed by atoms with Crippen LogP contribution in [0.1, 0.15) is 61.1 Å². The van der Waals surface area contributed by atoms with Gasteiger partial charge in [0.15, 0.2) is 34.9 Å². The zero-order chi connectivity index (χ0) is 76.8. The Morgan fingerprint density at radius 2 is 0.535 bits per heavy atom. The molecule has 0 spiro atoms. The van der Waals surface area contributed by atoms with Gasteiger partial charge in [0.1, 0.15) is 0 Å². The van der Waals surface area contributed by atoms with Gasteiger partial charge in [0.25, 0.3) is 0 Å². The van der Waals surface area contributed by atoms with Crippen molar-refractivity contribution < 1.29 is 0 Å². The third-order valence-electron chi connectivity index (χ3n) is 23.3. The Morgan fingerprint density at radius 1 is 0.211 bits per heavy atom. The van der Waals surface area contributed by atoms with E-state index >= 15 is 0 Å². The molecule has 0 saturated carbocycles. The lowest BCUT2D eigenvalue weighted by molar-refractivity contribution is 0.660. The summed E-state index contributed by atoms with van der Waals surface area (Å²) in [5, 5.41) is 24.5. The minimum Gasteiger partial charge on any atom is -0.208 e. The first kappa shape index (κ1) is 68.3. The quantitative estimate of drug-likeness (QED) is 0.112. The average molecular weight is 1460 g/mol. The number of benzene rings is 16. The molecule has 2 heterocycles. The van der Waals surface area contributed by atoms with Gasteiger partial charge in [-0.05, 0) is 175 Å². The van der Waals surface area contributed by atoms with Gasteiger partial charge >= 0.3 is 0 Å². The van der Waals surface area contributed by atoms with Crippen molar-refractivity contribution in [3.8, 4) is 181 Å². The molecule has 0 atom stereocenters. The Bertz CT molecular complexity index is 6920. The third-order valence-corrected chi connectivity index (χ3v) is 23.3. The summed E-state index contributed by atoms with van der Waals surface area (Å²) in [4.78, 5) is 30.8. The second-order valence-corrected chi connectivity index (χ2v) is 30.7. The van der Waals surface area contributed by atoms with Crippen LogP contribution in [-0.2, 0) is 10.8 Å². The van der Waals surface area contributed by atoms with E-state index < -0.39 is 0 Å². The van der Waals surface area contributed by atoms with Crippen molar-refractivity contribution in [3.63, 3.8) is 0 Å². The van der Waals surface area contributed by atoms with E-state index in [9.17, 15) is 10.5 Å². The second-order valence-electron chi connectivity index (χ2n) is 30.7. The largest absolute Gasteiger partial charge is 0.208 e. The van der Waals surface area contributed by atoms with E-state index in [0.717, 1.165) is 139 Å². The second kappa shape index (κ2) is 27.6. The maximum Gasteiger partial charge on any atom is 0.164 e. The van der Waals surface area contributed by atoms with Gasteiger partial charge in [-0.2, -0.15) is 10.5 Å². The van der Waals surface area contributed by atoms with Crippen LogP contribution in [0.15, 0.2) is 352 Å². The summed E-state index contributed by atoms with van der Waals surface area (Å²) in [5.74, 6) is 3.56. The van der Waals surface area contributed by atoms with E-state index in [1.807, 2.05) is 109 Å². The van der Waals surface area contributed by atoms with Crippen molar-refractivity contribution in [2.75, 3.05) is 0 Å². The summed E-state index contributed by atoms with van der Waals surface area (Å²) < 4.78 is 0. The Labute approximate surface area is 662 Å². The van der Waals surface area contributed by atoms with Crippen molar-refractivity contribution in [1.82, 2.24) is 29.9 Å². The fraction of sp³-hybridized carbons (Fsp3) is 0.0566. The minimum atomic E-state index is -0.274. The van der Waals surface area contributed by atoms with Crippen molar-refractivity contribution in [3.05, 3.63) is 385 Å². The standard InChI is InChI=1S/C106H70N8/c1-105(2)92-26-16-24-84(64-108)98(92)90-58-53-83(62-95(90)105)68-28-39-73(40-29-68)96-85-25-15-14-17-69(85)50-55-86(96)70-34-45-80(46-35-70)104-113-101(77-22-12-7-13-23-77)112-102(114-104)78-43-32-66(33-44-78)81-49-38-72-51-56-87(71-36-47-79(48-37-71)103-110-99(75-18-8-5-9-19-75)109-100(111-103)76-20-10-6-11-21-76)97(91(72)60-81)74-41-30-67(31-42-74)82-52-57-89-88-54-27-65(63-107)59-93(88)106(3,4)94(89)61-82/h5-62H,1-4H3. The number of aromatic nitrogens is 6. The van der Waals surface area contributed by atoms with Gasteiger partial charge in [0, 0.05) is 49.8 Å². The highest BCUT2D eigenvalue weighted by Gasteiger charge is 2.38. The van der Waals surface area contributed by atoms with E-state index in [0.29, 0.717) is 40.5 Å². The molecule has 20 rings (SSSR count). The highest BCUT2D eigenvalue weighted by atomic mass is 15.0. The molecule has 0 unspecified atom stereocenters. The highest BCUT2D eigenvalue weighted by Crippen LogP contribution is 2.53. The fourth-order valence-corrected chi connectivity index (χ4v) is 17.3. The topological polar surface area (TPSA) is 125 Å². The number of hydrogen-bond donors (Lipinski definition) is 0. The summed E-state index contributed by atoms with van der Waals surface area (Å²) in [5.41, 5.74) is 31.2. The molecule has 0 N–H and O–H groups in total. The molecule has 8 nitrogen and oxygen atoms in total. The zero-order valence-corrected chi connectivity index (χ0v) is 63.1. The van der Waals surface area contributed by atoms with Crippen LogP contribution in [0.4, 0.5) is 0 Å². The van der Waals surface area contributed by atoms with Gasteiger partial charge in [-0.25, -0.2) is 29.9 Å². The Balaban J connectivity index is 0.637. The van der Waals surface area contributed by atoms with E-state index in [4.69, 9.17) is 29.9 Å². The van der Waals surface area contributed by atoms with E-state index in [1.54, 1.807) is 0 Å². The number of rotatable bonds is 13. The first-order valence-electron chi connectivity index (χ1n) is 38.6. The van der Waals surface area contributed by atoms with Crippen LogP contribution in [-0.4, -0.2) is 29.9 Å². The molecule has 2 aliphatic rings. The van der Waals surface area contributed by atoms with Crippen LogP contribution >= 0.6 is 0 Å². The van der Waals surface area contributed by atoms with Crippen LogP contribution < -0.4 is 0 Å². The normalized spacial score (nSPS) is 12.7. The van der Waals surface area contributed by atoms with Crippen LogP contribution in [0.25, 0.3) is 190 Å².